The Bertz CT molecular complexity index is 986. The number of aromatic nitrogens is 2. The molecule has 1 aromatic carbocycles. The zero-order chi connectivity index (χ0) is 22.8. The molecule has 0 saturated heterocycles. The lowest BCUT2D eigenvalue weighted by Crippen LogP contribution is -2.55. The van der Waals surface area contributed by atoms with Gasteiger partial charge in [0.1, 0.15) is 17.6 Å². The Kier molecular flexibility index (Phi) is 6.98. The minimum absolute atomic E-state index is 0.0791. The van der Waals surface area contributed by atoms with Crippen molar-refractivity contribution in [2.24, 2.45) is 5.41 Å². The van der Waals surface area contributed by atoms with Crippen molar-refractivity contribution in [3.63, 3.8) is 0 Å². The topological polar surface area (TPSA) is 105 Å². The lowest BCUT2D eigenvalue weighted by molar-refractivity contribution is -0.125. The van der Waals surface area contributed by atoms with Crippen molar-refractivity contribution < 1.29 is 23.8 Å². The van der Waals surface area contributed by atoms with Gasteiger partial charge < -0.3 is 20.5 Å². The summed E-state index contributed by atoms with van der Waals surface area (Å²) in [6, 6.07) is 2.78. The standard InChI is InChI=1S/C21H26ClFN4O4/c1-21(2,3)18(19(29)24-7-8-28)25-20(30)27-16-6-9-31-11-14(16)17(26-27)13-5-4-12(22)10-15(13)23/h4-5,10,18,28H,6-9,11H2,1-3H3,(H,24,29)(H,25,30)/t18-/m1/s1. The summed E-state index contributed by atoms with van der Waals surface area (Å²) in [5.74, 6) is -0.967. The van der Waals surface area contributed by atoms with Crippen molar-refractivity contribution in [3.05, 3.63) is 40.3 Å². The predicted octanol–water partition coefficient (Wildman–Crippen LogP) is 2.50. The molecule has 3 rings (SSSR count). The van der Waals surface area contributed by atoms with E-state index in [0.29, 0.717) is 30.0 Å². The third kappa shape index (κ3) is 5.06. The van der Waals surface area contributed by atoms with Crippen LogP contribution in [0.2, 0.25) is 5.02 Å². The fourth-order valence-electron chi connectivity index (χ4n) is 3.44. The molecule has 0 unspecified atom stereocenters. The molecule has 168 valence electrons. The van der Waals surface area contributed by atoms with Crippen molar-refractivity contribution >= 4 is 23.5 Å². The van der Waals surface area contributed by atoms with E-state index >= 15 is 0 Å². The number of nitrogens with zero attached hydrogens (tertiary/aromatic N) is 2. The highest BCUT2D eigenvalue weighted by molar-refractivity contribution is 6.30. The highest BCUT2D eigenvalue weighted by Gasteiger charge is 2.34. The molecule has 1 aromatic heterocycles. The largest absolute Gasteiger partial charge is 0.395 e. The van der Waals surface area contributed by atoms with Crippen LogP contribution in [0.25, 0.3) is 11.3 Å². The Labute approximate surface area is 184 Å². The smallest absolute Gasteiger partial charge is 0.343 e. The number of aliphatic hydroxyl groups excluding tert-OH is 1. The van der Waals surface area contributed by atoms with Crippen molar-refractivity contribution in [1.82, 2.24) is 20.4 Å². The number of benzene rings is 1. The maximum absolute atomic E-state index is 14.6. The first kappa shape index (κ1) is 23.2. The first-order valence-corrected chi connectivity index (χ1v) is 10.3. The molecule has 0 radical (unpaired) electrons. The molecule has 8 nitrogen and oxygen atoms in total. The van der Waals surface area contributed by atoms with E-state index in [1.54, 1.807) is 6.07 Å². The SMILES string of the molecule is CC(C)(C)[C@H](NC(=O)n1nc(-c2ccc(Cl)cc2F)c2c1CCOC2)C(=O)NCCO. The third-order valence-corrected chi connectivity index (χ3v) is 5.24. The monoisotopic (exact) mass is 452 g/mol. The second-order valence-corrected chi connectivity index (χ2v) is 8.81. The fraction of sp³-hybridized carbons (Fsp3) is 0.476. The molecule has 1 aliphatic rings. The highest BCUT2D eigenvalue weighted by Crippen LogP contribution is 2.32. The van der Waals surface area contributed by atoms with Gasteiger partial charge in [0.25, 0.3) is 0 Å². The summed E-state index contributed by atoms with van der Waals surface area (Å²) in [6.07, 6.45) is 0.419. The molecule has 0 fully saturated rings. The number of fused-ring (bicyclic) bond motifs is 1. The summed E-state index contributed by atoms with van der Waals surface area (Å²) in [7, 11) is 0. The zero-order valence-corrected chi connectivity index (χ0v) is 18.4. The molecule has 1 atom stereocenters. The molecule has 31 heavy (non-hydrogen) atoms. The Morgan fingerprint density at radius 2 is 2.13 bits per heavy atom. The average Bonchev–Trinajstić information content (AvgIpc) is 3.09. The van der Waals surface area contributed by atoms with E-state index in [0.717, 1.165) is 0 Å². The highest BCUT2D eigenvalue weighted by atomic mass is 35.5. The number of aliphatic hydroxyl groups is 1. The second-order valence-electron chi connectivity index (χ2n) is 8.38. The number of halogens is 2. The van der Waals surface area contributed by atoms with Gasteiger partial charge in [-0.3, -0.25) is 4.79 Å². The summed E-state index contributed by atoms with van der Waals surface area (Å²) in [6.45, 7) is 5.91. The van der Waals surface area contributed by atoms with Crippen LogP contribution in [0.15, 0.2) is 18.2 Å². The maximum Gasteiger partial charge on any atom is 0.343 e. The Morgan fingerprint density at radius 3 is 2.77 bits per heavy atom. The Morgan fingerprint density at radius 1 is 1.39 bits per heavy atom. The van der Waals surface area contributed by atoms with Gasteiger partial charge in [0.2, 0.25) is 5.91 Å². The maximum atomic E-state index is 14.6. The molecule has 2 amide bonds. The minimum Gasteiger partial charge on any atom is -0.395 e. The van der Waals surface area contributed by atoms with Crippen LogP contribution < -0.4 is 10.6 Å². The van der Waals surface area contributed by atoms with Crippen LogP contribution in [0.1, 0.15) is 32.0 Å². The van der Waals surface area contributed by atoms with E-state index in [1.165, 1.54) is 16.8 Å². The van der Waals surface area contributed by atoms with Crippen LogP contribution in [0, 0.1) is 11.2 Å². The number of rotatable bonds is 5. The van der Waals surface area contributed by atoms with Gasteiger partial charge in [-0.1, -0.05) is 32.4 Å². The van der Waals surface area contributed by atoms with E-state index in [1.807, 2.05) is 20.8 Å². The van der Waals surface area contributed by atoms with Crippen molar-refractivity contribution in [2.75, 3.05) is 19.8 Å². The summed E-state index contributed by atoms with van der Waals surface area (Å²) < 4.78 is 21.2. The number of nitrogens with one attached hydrogen (secondary N) is 2. The molecule has 10 heteroatoms. The number of carbonyl (C=O) groups excluding carboxylic acids is 2. The summed E-state index contributed by atoms with van der Waals surface area (Å²) >= 11 is 5.86. The van der Waals surface area contributed by atoms with Crippen LogP contribution in [0.3, 0.4) is 0 Å². The van der Waals surface area contributed by atoms with Crippen LogP contribution in [-0.2, 0) is 22.6 Å². The van der Waals surface area contributed by atoms with E-state index in [-0.39, 0.29) is 30.3 Å². The van der Waals surface area contributed by atoms with Gasteiger partial charge in [-0.2, -0.15) is 9.78 Å². The van der Waals surface area contributed by atoms with E-state index < -0.39 is 29.2 Å². The second kappa shape index (κ2) is 9.33. The number of amides is 2. The summed E-state index contributed by atoms with van der Waals surface area (Å²) in [5, 5.41) is 18.9. The van der Waals surface area contributed by atoms with Crippen LogP contribution in [0.4, 0.5) is 9.18 Å². The average molecular weight is 453 g/mol. The third-order valence-electron chi connectivity index (χ3n) is 5.01. The molecule has 3 N–H and O–H groups in total. The molecule has 0 spiro atoms. The minimum atomic E-state index is -0.873. The molecule has 0 bridgehead atoms. The normalized spacial score (nSPS) is 14.6. The molecular weight excluding hydrogens is 427 g/mol. The predicted molar refractivity (Wildman–Crippen MR) is 113 cm³/mol. The van der Waals surface area contributed by atoms with Gasteiger partial charge >= 0.3 is 6.03 Å². The zero-order valence-electron chi connectivity index (χ0n) is 17.7. The van der Waals surface area contributed by atoms with Gasteiger partial charge in [-0.05, 0) is 23.6 Å². The van der Waals surface area contributed by atoms with Gasteiger partial charge in [0.15, 0.2) is 0 Å². The van der Waals surface area contributed by atoms with Gasteiger partial charge in [-0.25, -0.2) is 9.18 Å². The fourth-order valence-corrected chi connectivity index (χ4v) is 3.60. The van der Waals surface area contributed by atoms with E-state index in [2.05, 4.69) is 15.7 Å². The number of carbonyl (C=O) groups is 2. The molecule has 1 aliphatic heterocycles. The molecule has 0 aliphatic carbocycles. The van der Waals surface area contributed by atoms with Gasteiger partial charge in [0, 0.05) is 29.1 Å². The van der Waals surface area contributed by atoms with Gasteiger partial charge in [0.05, 0.1) is 25.5 Å². The van der Waals surface area contributed by atoms with Crippen LogP contribution >= 0.6 is 11.6 Å². The number of ether oxygens (including phenoxy) is 1. The quantitative estimate of drug-likeness (QED) is 0.646. The Hall–Kier alpha value is -2.49. The lowest BCUT2D eigenvalue weighted by atomic mass is 9.86. The van der Waals surface area contributed by atoms with E-state index in [9.17, 15) is 14.0 Å². The lowest BCUT2D eigenvalue weighted by Gasteiger charge is -2.30. The van der Waals surface area contributed by atoms with Crippen LogP contribution in [0.5, 0.6) is 0 Å². The van der Waals surface area contributed by atoms with Crippen molar-refractivity contribution in [2.45, 2.75) is 39.8 Å². The summed E-state index contributed by atoms with van der Waals surface area (Å²) in [4.78, 5) is 25.7. The van der Waals surface area contributed by atoms with E-state index in [4.69, 9.17) is 21.4 Å². The number of hydrogen-bond donors (Lipinski definition) is 3. The first-order chi connectivity index (χ1) is 14.6. The molecular formula is C21H26ClFN4O4. The van der Waals surface area contributed by atoms with Crippen molar-refractivity contribution in [3.8, 4) is 11.3 Å². The molecule has 2 aromatic rings. The van der Waals surface area contributed by atoms with Crippen LogP contribution in [-0.4, -0.2) is 52.6 Å². The summed E-state index contributed by atoms with van der Waals surface area (Å²) in [5.41, 5.74) is 1.15. The molecule has 2 heterocycles. The molecule has 0 saturated carbocycles. The number of hydrogen-bond acceptors (Lipinski definition) is 5. The van der Waals surface area contributed by atoms with Crippen molar-refractivity contribution in [1.29, 1.82) is 0 Å². The Balaban J connectivity index is 1.97. The van der Waals surface area contributed by atoms with Gasteiger partial charge in [-0.15, -0.1) is 0 Å². The first-order valence-electron chi connectivity index (χ1n) is 9.97.